The molecule has 0 aromatic heterocycles. The van der Waals surface area contributed by atoms with Crippen molar-refractivity contribution in [3.05, 3.63) is 143 Å². The Labute approximate surface area is 521 Å². The van der Waals surface area contributed by atoms with Crippen molar-refractivity contribution in [1.82, 2.24) is 21.3 Å². The number of amides is 2. The van der Waals surface area contributed by atoms with Crippen LogP contribution in [0.15, 0.2) is 115 Å². The maximum absolute atomic E-state index is 13.4. The van der Waals surface area contributed by atoms with E-state index < -0.39 is 42.1 Å². The number of Topliss-reactive ketones (excluding diaryl/α,β-unsaturated/α-hetero) is 2. The number of hydrogen-bond donors (Lipinski definition) is 6. The summed E-state index contributed by atoms with van der Waals surface area (Å²) in [4.78, 5) is 104. The summed E-state index contributed by atoms with van der Waals surface area (Å²) in [6.45, 7) is 4.54. The number of carbonyl (C=O) groups excluding carboxylic acids is 8. The largest absolute Gasteiger partial charge is 0.465 e. The number of likely N-dealkylation sites (N-methyl/N-ethyl adjacent to an activating group) is 1. The molecule has 0 saturated heterocycles. The molecule has 4 aromatic rings. The van der Waals surface area contributed by atoms with Crippen LogP contribution in [0.25, 0.3) is 0 Å². The fourth-order valence-corrected chi connectivity index (χ4v) is 10.1. The van der Waals surface area contributed by atoms with Gasteiger partial charge >= 0.3 is 23.9 Å². The number of hydrogen-bond acceptors (Lipinski definition) is 16. The SMILES string of the molecule is CCNC(Cc1cccc(C(CCO)CCC(C)=O)c1)C(=O)OCCCCOC(=O)C(Cc1ccccc1)NC(=O)CCCCCCCCC(=O)CNC(Cc1ccccc1)C(=O)OCCCCOC(=O)C(Cc1ccccc1)NC(=O)CCCCCO. The molecule has 4 rings (SSSR count). The Bertz CT molecular complexity index is 2640. The van der Waals surface area contributed by atoms with Gasteiger partial charge in [-0.25, -0.2) is 9.59 Å². The fourth-order valence-electron chi connectivity index (χ4n) is 10.1. The Morgan fingerprint density at radius 2 is 0.807 bits per heavy atom. The molecule has 482 valence electrons. The van der Waals surface area contributed by atoms with E-state index >= 15 is 0 Å². The van der Waals surface area contributed by atoms with Gasteiger partial charge in [-0.1, -0.05) is 154 Å². The molecular formula is C70H98N4O14. The topological polar surface area (TPSA) is 262 Å². The van der Waals surface area contributed by atoms with Crippen LogP contribution in [-0.4, -0.2) is 134 Å². The third-order valence-corrected chi connectivity index (χ3v) is 15.1. The highest BCUT2D eigenvalue weighted by atomic mass is 16.5. The first-order valence-corrected chi connectivity index (χ1v) is 31.9. The molecule has 0 bridgehead atoms. The van der Waals surface area contributed by atoms with Gasteiger partial charge in [-0.05, 0) is 124 Å². The quantitative estimate of drug-likeness (QED) is 0.0137. The third kappa shape index (κ3) is 32.2. The number of rotatable bonds is 49. The zero-order valence-electron chi connectivity index (χ0n) is 52.1. The van der Waals surface area contributed by atoms with E-state index in [1.54, 1.807) is 6.92 Å². The summed E-state index contributed by atoms with van der Waals surface area (Å²) in [6.07, 6.45) is 12.1. The molecule has 88 heavy (non-hydrogen) atoms. The summed E-state index contributed by atoms with van der Waals surface area (Å²) in [5, 5.41) is 30.7. The van der Waals surface area contributed by atoms with Crippen LogP contribution in [-0.2, 0) is 83.0 Å². The lowest BCUT2D eigenvalue weighted by Crippen LogP contribution is -2.43. The van der Waals surface area contributed by atoms with Crippen LogP contribution in [0.4, 0.5) is 0 Å². The standard InChI is InChI=1S/C70H98N4O14/c1-3-71-61(51-57-33-26-34-59(47-57)58(40-42-76)39-38-53(2)77)67(81)85-43-22-24-45-87-69(83)63(49-55-29-14-9-15-30-55)73-65(79)36-19-7-5-4-6-18-35-60(78)52-72-62(48-54-27-12-8-13-28-54)68(82)86-44-23-25-46-88-70(84)64(50-56-31-16-10-17-32-56)74-66(80)37-20-11-21-41-75/h8-10,12-17,26-34,47,58,61-64,71-72,75-76H,3-7,11,18-25,35-46,48-52H2,1-2H3,(H,73,79)(H,74,80). The number of unbranched alkanes of at least 4 members (excludes halogenated alkanes) is 9. The lowest BCUT2D eigenvalue weighted by Gasteiger charge is -2.20. The van der Waals surface area contributed by atoms with E-state index in [2.05, 4.69) is 21.3 Å². The first kappa shape index (κ1) is 73.4. The molecule has 5 atom stereocenters. The second-order valence-electron chi connectivity index (χ2n) is 22.5. The molecule has 2 amide bonds. The number of aliphatic hydroxyl groups is 2. The highest BCUT2D eigenvalue weighted by molar-refractivity contribution is 5.86. The predicted molar refractivity (Wildman–Crippen MR) is 338 cm³/mol. The minimum Gasteiger partial charge on any atom is -0.465 e. The van der Waals surface area contributed by atoms with E-state index in [0.29, 0.717) is 103 Å². The van der Waals surface area contributed by atoms with Crippen molar-refractivity contribution in [2.45, 2.75) is 192 Å². The van der Waals surface area contributed by atoms with Gasteiger partial charge in [0.2, 0.25) is 11.8 Å². The molecule has 5 unspecified atom stereocenters. The number of carbonyl (C=O) groups is 8. The molecule has 0 aliphatic carbocycles. The number of aliphatic hydroxyl groups excluding tert-OH is 2. The molecule has 6 N–H and O–H groups in total. The van der Waals surface area contributed by atoms with Crippen molar-refractivity contribution < 1.29 is 67.5 Å². The number of ketones is 2. The summed E-state index contributed by atoms with van der Waals surface area (Å²) in [5.41, 5.74) is 4.63. The molecule has 4 aromatic carbocycles. The van der Waals surface area contributed by atoms with Gasteiger partial charge in [-0.3, -0.25) is 29.3 Å². The van der Waals surface area contributed by atoms with Crippen molar-refractivity contribution in [2.24, 2.45) is 0 Å². The third-order valence-electron chi connectivity index (χ3n) is 15.1. The maximum Gasteiger partial charge on any atom is 0.328 e. The monoisotopic (exact) mass is 1220 g/mol. The van der Waals surface area contributed by atoms with Gasteiger partial charge in [0.25, 0.3) is 0 Å². The smallest absolute Gasteiger partial charge is 0.328 e. The van der Waals surface area contributed by atoms with Gasteiger partial charge in [0.15, 0.2) is 0 Å². The van der Waals surface area contributed by atoms with Gasteiger partial charge in [0, 0.05) is 51.7 Å². The van der Waals surface area contributed by atoms with Gasteiger partial charge in [0.1, 0.15) is 35.7 Å². The zero-order valence-corrected chi connectivity index (χ0v) is 52.1. The Kier molecular flexibility index (Phi) is 37.7. The van der Waals surface area contributed by atoms with Crippen molar-refractivity contribution in [1.29, 1.82) is 0 Å². The van der Waals surface area contributed by atoms with Crippen molar-refractivity contribution in [3.63, 3.8) is 0 Å². The first-order valence-electron chi connectivity index (χ1n) is 31.9. The van der Waals surface area contributed by atoms with Crippen molar-refractivity contribution in [3.8, 4) is 0 Å². The van der Waals surface area contributed by atoms with Crippen molar-refractivity contribution in [2.75, 3.05) is 52.7 Å². The van der Waals surface area contributed by atoms with E-state index in [1.807, 2.05) is 122 Å². The summed E-state index contributed by atoms with van der Waals surface area (Å²) in [5.74, 6) is -2.33. The van der Waals surface area contributed by atoms with Crippen LogP contribution < -0.4 is 21.3 Å². The molecule has 18 heteroatoms. The number of benzene rings is 4. The molecule has 0 radical (unpaired) electrons. The van der Waals surface area contributed by atoms with Gasteiger partial charge in [-0.2, -0.15) is 0 Å². The molecule has 18 nitrogen and oxygen atoms in total. The Balaban J connectivity index is 1.11. The Morgan fingerprint density at radius 3 is 1.25 bits per heavy atom. The normalized spacial score (nSPS) is 12.8. The molecule has 0 fully saturated rings. The van der Waals surface area contributed by atoms with Crippen LogP contribution in [0.5, 0.6) is 0 Å². The average Bonchev–Trinajstić information content (AvgIpc) is 3.70. The van der Waals surface area contributed by atoms with Crippen LogP contribution in [0.2, 0.25) is 0 Å². The summed E-state index contributed by atoms with van der Waals surface area (Å²) in [7, 11) is 0. The second kappa shape index (κ2) is 45.2. The Hall–Kier alpha value is -7.12. The van der Waals surface area contributed by atoms with E-state index in [4.69, 9.17) is 24.1 Å². The molecule has 0 spiro atoms. The fraction of sp³-hybridized carbons (Fsp3) is 0.543. The summed E-state index contributed by atoms with van der Waals surface area (Å²) >= 11 is 0. The van der Waals surface area contributed by atoms with Gasteiger partial charge in [0.05, 0.1) is 33.0 Å². The van der Waals surface area contributed by atoms with Crippen LogP contribution in [0, 0.1) is 0 Å². The van der Waals surface area contributed by atoms with Crippen LogP contribution in [0.1, 0.15) is 170 Å². The molecular weight excluding hydrogens is 1120 g/mol. The lowest BCUT2D eigenvalue weighted by molar-refractivity contribution is -0.149. The van der Waals surface area contributed by atoms with E-state index in [-0.39, 0.29) is 107 Å². The van der Waals surface area contributed by atoms with Crippen LogP contribution >= 0.6 is 0 Å². The molecule has 0 saturated carbocycles. The average molecular weight is 1220 g/mol. The number of nitrogens with one attached hydrogen (secondary N) is 4. The second-order valence-corrected chi connectivity index (χ2v) is 22.5. The van der Waals surface area contributed by atoms with Crippen LogP contribution in [0.3, 0.4) is 0 Å². The predicted octanol–water partition coefficient (Wildman–Crippen LogP) is 8.67. The summed E-state index contributed by atoms with van der Waals surface area (Å²) < 4.78 is 22.5. The molecule has 0 aliphatic heterocycles. The van der Waals surface area contributed by atoms with Gasteiger partial charge < -0.3 is 49.9 Å². The van der Waals surface area contributed by atoms with Crippen molar-refractivity contribution >= 4 is 47.3 Å². The Morgan fingerprint density at radius 1 is 0.409 bits per heavy atom. The highest BCUT2D eigenvalue weighted by Gasteiger charge is 2.26. The highest BCUT2D eigenvalue weighted by Crippen LogP contribution is 2.26. The van der Waals surface area contributed by atoms with E-state index in [9.17, 15) is 43.5 Å². The van der Waals surface area contributed by atoms with E-state index in [1.165, 1.54) is 0 Å². The zero-order chi connectivity index (χ0) is 63.4. The lowest BCUT2D eigenvalue weighted by atomic mass is 9.89. The first-order chi connectivity index (χ1) is 42.8. The molecule has 0 heterocycles. The number of ether oxygens (including phenoxy) is 4. The maximum atomic E-state index is 13.4. The molecule has 0 aliphatic rings. The summed E-state index contributed by atoms with van der Waals surface area (Å²) in [6, 6.07) is 33.1. The van der Waals surface area contributed by atoms with E-state index in [0.717, 1.165) is 53.5 Å². The minimum atomic E-state index is -0.879. The minimum absolute atomic E-state index is 0.00764. The number of esters is 4. The van der Waals surface area contributed by atoms with Gasteiger partial charge in [-0.15, -0.1) is 0 Å².